The number of carbonyl (C=O) groups excluding carboxylic acids is 1. The number of benzene rings is 4. The van der Waals surface area contributed by atoms with Crippen LogP contribution in [0, 0.1) is 25.7 Å². The molecule has 19 nitrogen and oxygen atoms in total. The van der Waals surface area contributed by atoms with E-state index in [2.05, 4.69) is 20.8 Å². The summed E-state index contributed by atoms with van der Waals surface area (Å²) in [5, 5.41) is 22.5. The topological polar surface area (TPSA) is 330 Å². The largest absolute Gasteiger partial charge is 0.505 e. The first-order valence-corrected chi connectivity index (χ1v) is 22.1. The van der Waals surface area contributed by atoms with Crippen molar-refractivity contribution < 1.29 is 61.8 Å². The van der Waals surface area contributed by atoms with Crippen molar-refractivity contribution in [3.8, 4) is 16.9 Å². The molecule has 0 spiro atoms. The third-order valence-electron chi connectivity index (χ3n) is 9.30. The lowest BCUT2D eigenvalue weighted by Crippen LogP contribution is -2.39. The first-order valence-electron chi connectivity index (χ1n) is 16.4. The van der Waals surface area contributed by atoms with E-state index in [1.54, 1.807) is 44.2 Å². The highest BCUT2D eigenvalue weighted by molar-refractivity contribution is 7.91. The van der Waals surface area contributed by atoms with Crippen molar-refractivity contribution in [2.45, 2.75) is 30.6 Å². The lowest BCUT2D eigenvalue weighted by Gasteiger charge is -2.30. The molecule has 0 bridgehead atoms. The fourth-order valence-electron chi connectivity index (χ4n) is 6.55. The van der Waals surface area contributed by atoms with Crippen LogP contribution in [0.5, 0.6) is 5.75 Å². The van der Waals surface area contributed by atoms with Gasteiger partial charge in [-0.05, 0) is 97.0 Å². The number of phenols is 1. The molecule has 2 aliphatic rings. The number of allylic oxidation sites excluding steroid dienone is 5. The Hall–Kier alpha value is -5.66. The molecule has 6 rings (SSSR count). The van der Waals surface area contributed by atoms with Crippen molar-refractivity contribution in [2.24, 2.45) is 27.2 Å². The van der Waals surface area contributed by atoms with E-state index >= 15 is 0 Å². The van der Waals surface area contributed by atoms with Crippen molar-refractivity contribution >= 4 is 85.5 Å². The monoisotopic (exact) mass is 873 g/mol. The van der Waals surface area contributed by atoms with Gasteiger partial charge in [0.25, 0.3) is 40.5 Å². The number of azo groups is 1. The Balaban J connectivity index is 1.29. The first kappa shape index (κ1) is 42.0. The minimum Gasteiger partial charge on any atom is -0.505 e. The third kappa shape index (κ3) is 8.19. The number of fused-ring (bicyclic) bond motifs is 2. The van der Waals surface area contributed by atoms with Crippen molar-refractivity contribution in [3.63, 3.8) is 0 Å². The van der Waals surface area contributed by atoms with Crippen LogP contribution in [-0.4, -0.2) is 68.5 Å². The highest BCUT2D eigenvalue weighted by Crippen LogP contribution is 2.45. The van der Waals surface area contributed by atoms with E-state index in [0.717, 1.165) is 36.4 Å². The first-order chi connectivity index (χ1) is 26.8. The van der Waals surface area contributed by atoms with E-state index in [1.165, 1.54) is 13.0 Å². The molecule has 0 heterocycles. The Morgan fingerprint density at radius 1 is 0.724 bits per heavy atom. The molecule has 0 saturated carbocycles. The zero-order valence-corrected chi connectivity index (χ0v) is 33.3. The average Bonchev–Trinajstić information content (AvgIpc) is 3.09. The van der Waals surface area contributed by atoms with E-state index in [1.807, 2.05) is 0 Å². The Kier molecular flexibility index (Phi) is 10.6. The molecule has 2 aliphatic carbocycles. The maximum absolute atomic E-state index is 13.5. The van der Waals surface area contributed by atoms with E-state index in [0.29, 0.717) is 27.9 Å². The SMILES string of the molecule is CC1=CC(S(=O)(=O)O)=CC2C=C(S(=O)(=O)O)C(=NNc3ccc(-c4ccc(N=Nc5c(S(=O)(=O)O)cc6cc(S(=O)(=O)O)cc(N)c6c5O)c(C)c4)cc3C)C(=O)C12. The fourth-order valence-corrected chi connectivity index (χ4v) is 9.14. The Labute approximate surface area is 331 Å². The number of nitrogens with zero attached hydrogens (tertiary/aromatic N) is 3. The number of anilines is 2. The number of phenolic OH excluding ortho intramolecular Hbond substituents is 1. The van der Waals surface area contributed by atoms with Gasteiger partial charge in [-0.3, -0.25) is 28.4 Å². The number of nitrogen functional groups attached to an aromatic ring is 1. The fraction of sp³-hybridized carbons (Fsp3) is 0.143. The summed E-state index contributed by atoms with van der Waals surface area (Å²) < 4.78 is 135. The van der Waals surface area contributed by atoms with Crippen molar-refractivity contribution in [1.82, 2.24) is 0 Å². The second-order valence-electron chi connectivity index (χ2n) is 13.3. The Morgan fingerprint density at radius 2 is 1.36 bits per heavy atom. The number of hydrazone groups is 1. The van der Waals surface area contributed by atoms with E-state index in [4.69, 9.17) is 5.73 Å². The smallest absolute Gasteiger partial charge is 0.296 e. The normalized spacial score (nSPS) is 18.6. The standard InChI is InChI=1S/C35H31N5O14S4/c1-16-8-19(4-6-26(16)37-39-32-28(57(49,50)51)13-21-11-23(55(43,44)45)10-18(3)30(21)34(32)41)20-5-7-27(17(2)9-20)38-40-33-29(58(52,53)54)14-22-12-24(56(46,47)48)15-25(36)31(22)35(33)42/h4-15,21,30,37,42H,36H2,1-3H3,(H,43,44,45)(H,46,47,48)(H,49,50,51)(H,52,53,54). The Morgan fingerprint density at radius 3 is 1.93 bits per heavy atom. The van der Waals surface area contributed by atoms with E-state index in [9.17, 15) is 61.8 Å². The lowest BCUT2D eigenvalue weighted by molar-refractivity contribution is -0.116. The molecular weight excluding hydrogens is 843 g/mol. The molecule has 4 aromatic rings. The summed E-state index contributed by atoms with van der Waals surface area (Å²) in [6.45, 7) is 4.78. The van der Waals surface area contributed by atoms with Gasteiger partial charge in [0.15, 0.2) is 11.5 Å². The second kappa shape index (κ2) is 14.6. The molecule has 58 heavy (non-hydrogen) atoms. The molecule has 2 unspecified atom stereocenters. The summed E-state index contributed by atoms with van der Waals surface area (Å²) in [5.74, 6) is -3.84. The lowest BCUT2D eigenvalue weighted by atomic mass is 9.75. The molecule has 2 atom stereocenters. The van der Waals surface area contributed by atoms with Gasteiger partial charge >= 0.3 is 0 Å². The van der Waals surface area contributed by atoms with Crippen molar-refractivity contribution in [1.29, 1.82) is 0 Å². The van der Waals surface area contributed by atoms with Crippen molar-refractivity contribution in [2.75, 3.05) is 11.2 Å². The Bertz CT molecular complexity index is 3120. The van der Waals surface area contributed by atoms with Gasteiger partial charge in [0.1, 0.15) is 21.2 Å². The highest BCUT2D eigenvalue weighted by Gasteiger charge is 2.43. The van der Waals surface area contributed by atoms with Crippen LogP contribution in [0.2, 0.25) is 0 Å². The molecule has 0 aromatic heterocycles. The molecule has 0 saturated heterocycles. The van der Waals surface area contributed by atoms with Crippen LogP contribution in [0.25, 0.3) is 21.9 Å². The van der Waals surface area contributed by atoms with Gasteiger partial charge in [-0.2, -0.15) is 43.9 Å². The molecule has 23 heteroatoms. The number of aromatic hydroxyl groups is 1. The molecule has 0 fully saturated rings. The van der Waals surface area contributed by atoms with Gasteiger partial charge < -0.3 is 10.8 Å². The van der Waals surface area contributed by atoms with Gasteiger partial charge in [0.2, 0.25) is 0 Å². The van der Waals surface area contributed by atoms with Crippen LogP contribution in [0.15, 0.2) is 113 Å². The van der Waals surface area contributed by atoms with Crippen LogP contribution in [0.3, 0.4) is 0 Å². The molecule has 0 aliphatic heterocycles. The third-order valence-corrected chi connectivity index (χ3v) is 12.7. The second-order valence-corrected chi connectivity index (χ2v) is 18.9. The van der Waals surface area contributed by atoms with Crippen LogP contribution < -0.4 is 11.2 Å². The summed E-state index contributed by atoms with van der Waals surface area (Å²) in [4.78, 5) is 10.5. The number of hydrogen-bond acceptors (Lipinski definition) is 15. The maximum atomic E-state index is 13.5. The summed E-state index contributed by atoms with van der Waals surface area (Å²) in [6, 6.07) is 12.4. The minimum atomic E-state index is -5.08. The number of nitrogens with two attached hydrogens (primary N) is 1. The van der Waals surface area contributed by atoms with Crippen molar-refractivity contribution in [3.05, 3.63) is 99.3 Å². The summed E-state index contributed by atoms with van der Waals surface area (Å²) >= 11 is 0. The molecule has 0 radical (unpaired) electrons. The molecule has 304 valence electrons. The summed E-state index contributed by atoms with van der Waals surface area (Å²) in [6.07, 6.45) is 3.09. The van der Waals surface area contributed by atoms with E-state index < -0.39 is 94.8 Å². The molecule has 4 aromatic carbocycles. The number of ketones is 1. The number of hydrogen-bond donors (Lipinski definition) is 7. The number of nitrogens with one attached hydrogen (secondary N) is 1. The van der Waals surface area contributed by atoms with Crippen LogP contribution in [-0.2, 0) is 45.3 Å². The predicted octanol–water partition coefficient (Wildman–Crippen LogP) is 5.41. The summed E-state index contributed by atoms with van der Waals surface area (Å²) in [5.41, 5.74) is 10.1. The summed E-state index contributed by atoms with van der Waals surface area (Å²) in [7, 11) is -19.6. The van der Waals surface area contributed by atoms with E-state index in [-0.39, 0.29) is 27.7 Å². The zero-order valence-electron chi connectivity index (χ0n) is 30.0. The maximum Gasteiger partial charge on any atom is 0.296 e. The van der Waals surface area contributed by atoms with Crippen LogP contribution in [0.1, 0.15) is 18.1 Å². The average molecular weight is 874 g/mol. The molecular formula is C35H31N5O14S4. The van der Waals surface area contributed by atoms with Gasteiger partial charge in [-0.15, -0.1) is 5.11 Å². The molecule has 0 amide bonds. The predicted molar refractivity (Wildman–Crippen MR) is 211 cm³/mol. The number of Topliss-reactive ketones (excluding diaryl/α,β-unsaturated/α-hetero) is 1. The van der Waals surface area contributed by atoms with Gasteiger partial charge in [0.05, 0.1) is 27.1 Å². The minimum absolute atomic E-state index is 0.208. The van der Waals surface area contributed by atoms with Gasteiger partial charge in [-0.25, -0.2) is 0 Å². The number of carbonyl (C=O) groups is 1. The number of rotatable bonds is 9. The number of aryl methyl sites for hydroxylation is 2. The van der Waals surface area contributed by atoms with Gasteiger partial charge in [-0.1, -0.05) is 29.9 Å². The van der Waals surface area contributed by atoms with Gasteiger partial charge in [0, 0.05) is 17.0 Å². The quantitative estimate of drug-likeness (QED) is 0.0478. The van der Waals surface area contributed by atoms with Crippen LogP contribution >= 0.6 is 0 Å². The molecule has 8 N–H and O–H groups in total. The van der Waals surface area contributed by atoms with Crippen LogP contribution in [0.4, 0.5) is 22.7 Å². The highest BCUT2D eigenvalue weighted by atomic mass is 32.2. The zero-order chi connectivity index (χ0) is 42.9.